The Hall–Kier alpha value is -1.24. The summed E-state index contributed by atoms with van der Waals surface area (Å²) in [5, 5.41) is 0. The van der Waals surface area contributed by atoms with Crippen LogP contribution in [-0.4, -0.2) is 75.3 Å². The number of nitrogens with zero attached hydrogens (tertiary/aromatic N) is 3. The van der Waals surface area contributed by atoms with Crippen molar-refractivity contribution in [3.05, 3.63) is 29.8 Å². The molecule has 2 fully saturated rings. The number of rotatable bonds is 5. The first-order valence-corrected chi connectivity index (χ1v) is 8.36. The number of hydrogen-bond acceptors (Lipinski definition) is 4. The lowest BCUT2D eigenvalue weighted by atomic mass is 10.1. The van der Waals surface area contributed by atoms with Crippen molar-refractivity contribution >= 4 is 5.69 Å². The van der Waals surface area contributed by atoms with Crippen molar-refractivity contribution in [3.63, 3.8) is 0 Å². The lowest BCUT2D eigenvalue weighted by molar-refractivity contribution is 0.0543. The number of alkyl halides is 2. The standard InChI is InChI=1S/C17H25F2N3O/c18-17(19)14-21-7-5-20(6-8-21)13-15-3-1-2-4-16(15)22-9-11-23-12-10-22/h1-4,17H,5-14H2. The first-order chi connectivity index (χ1) is 11.2. The van der Waals surface area contributed by atoms with Gasteiger partial charge in [-0.05, 0) is 11.6 Å². The van der Waals surface area contributed by atoms with Crippen LogP contribution >= 0.6 is 0 Å². The Morgan fingerprint density at radius 2 is 1.57 bits per heavy atom. The van der Waals surface area contributed by atoms with Crippen LogP contribution in [0.1, 0.15) is 5.56 Å². The van der Waals surface area contributed by atoms with Crippen LogP contribution in [0.15, 0.2) is 24.3 Å². The molecule has 2 aliphatic heterocycles. The van der Waals surface area contributed by atoms with Crippen molar-refractivity contribution in [1.29, 1.82) is 0 Å². The van der Waals surface area contributed by atoms with E-state index >= 15 is 0 Å². The zero-order valence-corrected chi connectivity index (χ0v) is 13.5. The number of hydrogen-bond donors (Lipinski definition) is 0. The van der Waals surface area contributed by atoms with Crippen molar-refractivity contribution < 1.29 is 13.5 Å². The van der Waals surface area contributed by atoms with Gasteiger partial charge in [0.2, 0.25) is 0 Å². The molecule has 2 aliphatic rings. The summed E-state index contributed by atoms with van der Waals surface area (Å²) in [6, 6.07) is 8.51. The molecule has 4 nitrogen and oxygen atoms in total. The smallest absolute Gasteiger partial charge is 0.251 e. The van der Waals surface area contributed by atoms with Gasteiger partial charge in [0.05, 0.1) is 19.8 Å². The monoisotopic (exact) mass is 325 g/mol. The molecule has 0 N–H and O–H groups in total. The molecule has 0 amide bonds. The first kappa shape index (κ1) is 16.6. The lowest BCUT2D eigenvalue weighted by Gasteiger charge is -2.36. The Morgan fingerprint density at radius 3 is 2.26 bits per heavy atom. The van der Waals surface area contributed by atoms with Crippen LogP contribution in [0.25, 0.3) is 0 Å². The molecule has 0 radical (unpaired) electrons. The van der Waals surface area contributed by atoms with Crippen LogP contribution in [0.2, 0.25) is 0 Å². The SMILES string of the molecule is FC(F)CN1CCN(Cc2ccccc2N2CCOCC2)CC1. The third-order valence-electron chi connectivity index (χ3n) is 4.60. The van der Waals surface area contributed by atoms with Gasteiger partial charge in [-0.1, -0.05) is 18.2 Å². The van der Waals surface area contributed by atoms with E-state index in [0.29, 0.717) is 0 Å². The molecule has 0 unspecified atom stereocenters. The minimum Gasteiger partial charge on any atom is -0.378 e. The Kier molecular flexibility index (Phi) is 5.80. The normalized spacial score (nSPS) is 21.1. The highest BCUT2D eigenvalue weighted by atomic mass is 19.3. The second-order valence-corrected chi connectivity index (χ2v) is 6.20. The second-order valence-electron chi connectivity index (χ2n) is 6.20. The minimum atomic E-state index is -2.23. The Bertz CT molecular complexity index is 486. The molecule has 1 aromatic carbocycles. The fourth-order valence-electron chi connectivity index (χ4n) is 3.32. The van der Waals surface area contributed by atoms with E-state index in [1.165, 1.54) is 11.3 Å². The van der Waals surface area contributed by atoms with Crippen LogP contribution in [0, 0.1) is 0 Å². The van der Waals surface area contributed by atoms with Gasteiger partial charge in [0.25, 0.3) is 6.43 Å². The van der Waals surface area contributed by atoms with Crippen molar-refractivity contribution in [2.45, 2.75) is 13.0 Å². The number of ether oxygens (including phenoxy) is 1. The molecule has 2 heterocycles. The van der Waals surface area contributed by atoms with Gasteiger partial charge < -0.3 is 9.64 Å². The summed E-state index contributed by atoms with van der Waals surface area (Å²) in [5.74, 6) is 0. The Labute approximate surface area is 136 Å². The molecule has 0 spiro atoms. The molecule has 0 bridgehead atoms. The average Bonchev–Trinajstić information content (AvgIpc) is 2.57. The minimum absolute atomic E-state index is 0.0990. The number of benzene rings is 1. The predicted octanol–water partition coefficient (Wildman–Crippen LogP) is 1.91. The van der Waals surface area contributed by atoms with E-state index in [0.717, 1.165) is 59.0 Å². The van der Waals surface area contributed by atoms with Gasteiger partial charge in [0.15, 0.2) is 0 Å². The quantitative estimate of drug-likeness (QED) is 0.823. The van der Waals surface area contributed by atoms with Crippen LogP contribution in [0.3, 0.4) is 0 Å². The second kappa shape index (κ2) is 8.04. The molecule has 0 aromatic heterocycles. The van der Waals surface area contributed by atoms with Crippen LogP contribution in [0.4, 0.5) is 14.5 Å². The summed E-state index contributed by atoms with van der Waals surface area (Å²) in [5.41, 5.74) is 2.60. The maximum atomic E-state index is 12.5. The predicted molar refractivity (Wildman–Crippen MR) is 87.2 cm³/mol. The van der Waals surface area contributed by atoms with Crippen LogP contribution < -0.4 is 4.90 Å². The summed E-state index contributed by atoms with van der Waals surface area (Å²) >= 11 is 0. The van der Waals surface area contributed by atoms with Crippen molar-refractivity contribution in [2.75, 3.05) is 63.9 Å². The number of piperazine rings is 1. The molecular weight excluding hydrogens is 300 g/mol. The van der Waals surface area contributed by atoms with Gasteiger partial charge in [0, 0.05) is 51.5 Å². The van der Waals surface area contributed by atoms with Crippen molar-refractivity contribution in [2.24, 2.45) is 0 Å². The van der Waals surface area contributed by atoms with Gasteiger partial charge in [0.1, 0.15) is 0 Å². The fraction of sp³-hybridized carbons (Fsp3) is 0.647. The lowest BCUT2D eigenvalue weighted by Crippen LogP contribution is -2.47. The number of anilines is 1. The Morgan fingerprint density at radius 1 is 0.913 bits per heavy atom. The first-order valence-electron chi connectivity index (χ1n) is 8.36. The van der Waals surface area contributed by atoms with E-state index < -0.39 is 6.43 Å². The molecule has 23 heavy (non-hydrogen) atoms. The van der Waals surface area contributed by atoms with Gasteiger partial charge in [-0.2, -0.15) is 0 Å². The van der Waals surface area contributed by atoms with E-state index in [4.69, 9.17) is 4.74 Å². The summed E-state index contributed by atoms with van der Waals surface area (Å²) < 4.78 is 30.3. The topological polar surface area (TPSA) is 19.0 Å². The zero-order valence-electron chi connectivity index (χ0n) is 13.5. The van der Waals surface area contributed by atoms with Crippen LogP contribution in [-0.2, 0) is 11.3 Å². The van der Waals surface area contributed by atoms with Crippen molar-refractivity contribution in [1.82, 2.24) is 9.80 Å². The molecule has 3 rings (SSSR count). The fourth-order valence-corrected chi connectivity index (χ4v) is 3.32. The third kappa shape index (κ3) is 4.62. The van der Waals surface area contributed by atoms with E-state index in [1.54, 1.807) is 0 Å². The van der Waals surface area contributed by atoms with E-state index in [-0.39, 0.29) is 6.54 Å². The molecule has 1 aromatic rings. The van der Waals surface area contributed by atoms with Gasteiger partial charge in [-0.25, -0.2) is 8.78 Å². The maximum Gasteiger partial charge on any atom is 0.251 e. The molecular formula is C17H25F2N3O. The van der Waals surface area contributed by atoms with E-state index in [9.17, 15) is 8.78 Å². The molecule has 0 saturated carbocycles. The molecule has 128 valence electrons. The summed E-state index contributed by atoms with van der Waals surface area (Å²) in [6.45, 7) is 7.36. The van der Waals surface area contributed by atoms with Gasteiger partial charge in [-0.15, -0.1) is 0 Å². The highest BCUT2D eigenvalue weighted by molar-refractivity contribution is 5.53. The number of morpholine rings is 1. The number of para-hydroxylation sites is 1. The van der Waals surface area contributed by atoms with Gasteiger partial charge >= 0.3 is 0 Å². The van der Waals surface area contributed by atoms with Crippen LogP contribution in [0.5, 0.6) is 0 Å². The summed E-state index contributed by atoms with van der Waals surface area (Å²) in [4.78, 5) is 6.60. The zero-order chi connectivity index (χ0) is 16.1. The Balaban J connectivity index is 1.58. The average molecular weight is 325 g/mol. The van der Waals surface area contributed by atoms with Gasteiger partial charge in [-0.3, -0.25) is 9.80 Å². The molecule has 6 heteroatoms. The summed E-state index contributed by atoms with van der Waals surface area (Å²) in [6.07, 6.45) is -2.23. The maximum absolute atomic E-state index is 12.5. The molecule has 0 aliphatic carbocycles. The summed E-state index contributed by atoms with van der Waals surface area (Å²) in [7, 11) is 0. The highest BCUT2D eigenvalue weighted by Gasteiger charge is 2.21. The highest BCUT2D eigenvalue weighted by Crippen LogP contribution is 2.23. The third-order valence-corrected chi connectivity index (χ3v) is 4.60. The van der Waals surface area contributed by atoms with E-state index in [2.05, 4.69) is 34.1 Å². The van der Waals surface area contributed by atoms with Crippen molar-refractivity contribution in [3.8, 4) is 0 Å². The largest absolute Gasteiger partial charge is 0.378 e. The van der Waals surface area contributed by atoms with E-state index in [1.807, 2.05) is 4.90 Å². The molecule has 0 atom stereocenters. The molecule has 2 saturated heterocycles. The number of halogens is 2.